The zero-order chi connectivity index (χ0) is 49.5. The Bertz CT molecular complexity index is 3960. The van der Waals surface area contributed by atoms with E-state index in [0.717, 1.165) is 11.4 Å². The van der Waals surface area contributed by atoms with Crippen LogP contribution in [0.25, 0.3) is 44.5 Å². The third kappa shape index (κ3) is 5.02. The Morgan fingerprint density at radius 2 is 0.587 bits per heavy atom. The average molecular weight is 953 g/mol. The summed E-state index contributed by atoms with van der Waals surface area (Å²) < 4.78 is 0. The highest BCUT2D eigenvalue weighted by Gasteiger charge is 2.56. The second kappa shape index (κ2) is 14.4. The monoisotopic (exact) mass is 952 g/mol. The van der Waals surface area contributed by atoms with Gasteiger partial charge in [-0.05, 0) is 165 Å². The molecule has 4 aliphatic carbocycles. The third-order valence-electron chi connectivity index (χ3n) is 18.2. The van der Waals surface area contributed by atoms with Crippen LogP contribution < -0.4 is 26.2 Å². The third-order valence-corrected chi connectivity index (χ3v) is 18.2. The van der Waals surface area contributed by atoms with Gasteiger partial charge in [0.2, 0.25) is 0 Å². The Kier molecular flexibility index (Phi) is 8.00. The molecule has 17 rings (SSSR count). The summed E-state index contributed by atoms with van der Waals surface area (Å²) in [6.07, 6.45) is 0. The molecule has 2 heterocycles. The maximum Gasteiger partial charge on any atom is 0.252 e. The summed E-state index contributed by atoms with van der Waals surface area (Å²) in [5.41, 5.74) is 32.8. The first-order valence-corrected chi connectivity index (χ1v) is 26.7. The van der Waals surface area contributed by atoms with Crippen molar-refractivity contribution >= 4 is 57.2 Å². The Hall–Kier alpha value is -8.92. The van der Waals surface area contributed by atoms with E-state index in [1.165, 1.54) is 134 Å². The minimum absolute atomic E-state index is 0.121. The van der Waals surface area contributed by atoms with Gasteiger partial charge in [0, 0.05) is 34.1 Å². The number of hydrogen-bond donors (Lipinski definition) is 0. The van der Waals surface area contributed by atoms with Gasteiger partial charge in [-0.25, -0.2) is 0 Å². The number of hydrogen-bond acceptors (Lipinski definition) is 2. The van der Waals surface area contributed by atoms with Gasteiger partial charge in [-0.1, -0.05) is 215 Å². The first kappa shape index (κ1) is 41.5. The molecular weight excluding hydrogens is 904 g/mol. The summed E-state index contributed by atoms with van der Waals surface area (Å²) in [6.45, 7) is 6.98. The molecule has 0 aromatic heterocycles. The SMILES string of the molecule is CC(C)(C)c1cc2c3c(c1)N(c1ccccc1)c1cc4c(cc1B3c1cc3c(cc1N2c1ccccc1)-c1ccccc1C31c2ccccc2-c2ccccc21)C1(c2ccccc2-c2ccccc21)c1ccccc1-4. The number of para-hydroxylation sites is 2. The van der Waals surface area contributed by atoms with Crippen molar-refractivity contribution in [3.8, 4) is 44.5 Å². The molecule has 0 bridgehead atoms. The van der Waals surface area contributed by atoms with Gasteiger partial charge >= 0.3 is 0 Å². The van der Waals surface area contributed by atoms with Crippen molar-refractivity contribution in [2.75, 3.05) is 9.80 Å². The van der Waals surface area contributed by atoms with E-state index in [2.05, 4.69) is 273 Å². The van der Waals surface area contributed by atoms with Gasteiger partial charge in [0.25, 0.3) is 6.71 Å². The van der Waals surface area contributed by atoms with Gasteiger partial charge in [0.15, 0.2) is 0 Å². The van der Waals surface area contributed by atoms with Crippen molar-refractivity contribution in [3.05, 3.63) is 293 Å². The topological polar surface area (TPSA) is 6.48 Å². The highest BCUT2D eigenvalue weighted by atomic mass is 15.2. The maximum atomic E-state index is 2.69. The van der Waals surface area contributed by atoms with Crippen LogP contribution >= 0.6 is 0 Å². The summed E-state index contributed by atoms with van der Waals surface area (Å²) in [5.74, 6) is 0. The van der Waals surface area contributed by atoms with Crippen LogP contribution in [0.1, 0.15) is 70.8 Å². The molecule has 11 aromatic rings. The lowest BCUT2D eigenvalue weighted by atomic mass is 9.33. The van der Waals surface area contributed by atoms with E-state index in [1.54, 1.807) is 0 Å². The predicted molar refractivity (Wildman–Crippen MR) is 312 cm³/mol. The van der Waals surface area contributed by atoms with Gasteiger partial charge in [-0.2, -0.15) is 0 Å². The highest BCUT2D eigenvalue weighted by molar-refractivity contribution is 7.00. The zero-order valence-corrected chi connectivity index (χ0v) is 42.1. The fourth-order valence-electron chi connectivity index (χ4n) is 15.3. The minimum atomic E-state index is -0.501. The minimum Gasteiger partial charge on any atom is -0.311 e. The number of anilines is 6. The smallest absolute Gasteiger partial charge is 0.252 e. The zero-order valence-electron chi connectivity index (χ0n) is 42.1. The Balaban J connectivity index is 1.05. The van der Waals surface area contributed by atoms with E-state index < -0.39 is 10.8 Å². The van der Waals surface area contributed by atoms with Crippen LogP contribution in [0.4, 0.5) is 34.1 Å². The highest BCUT2D eigenvalue weighted by Crippen LogP contribution is 2.65. The van der Waals surface area contributed by atoms with Crippen LogP contribution in [0.2, 0.25) is 0 Å². The standard InChI is InChI=1S/C72H49BN2/c1-70(2,3)44-38-67-69-68(39-44)75(46-24-8-5-9-25-46)66-41-54-52-31-15-21-37-60(52)72(57-34-18-12-28-49(57)50-29-13-19-35-58(50)72)62(54)43-64(66)73(69)63-42-61-53(40-65(63)74(67)45-22-6-4-7-23-45)51-30-14-20-36-59(51)71(61)55-32-16-10-26-47(55)48-27-11-17-33-56(48)71/h4-43H,1-3H3. The van der Waals surface area contributed by atoms with E-state index in [-0.39, 0.29) is 12.1 Å². The van der Waals surface area contributed by atoms with Gasteiger partial charge in [-0.3, -0.25) is 0 Å². The van der Waals surface area contributed by atoms with Crippen molar-refractivity contribution in [1.82, 2.24) is 0 Å². The second-order valence-electron chi connectivity index (χ2n) is 22.6. The molecule has 2 nitrogen and oxygen atoms in total. The lowest BCUT2D eigenvalue weighted by Gasteiger charge is -2.46. The lowest BCUT2D eigenvalue weighted by molar-refractivity contribution is 0.590. The molecule has 0 atom stereocenters. The van der Waals surface area contributed by atoms with Crippen molar-refractivity contribution in [2.45, 2.75) is 37.0 Å². The van der Waals surface area contributed by atoms with Crippen LogP contribution in [0.5, 0.6) is 0 Å². The summed E-state index contributed by atoms with van der Waals surface area (Å²) in [6, 6.07) is 93.4. The molecule has 0 radical (unpaired) electrons. The molecule has 0 unspecified atom stereocenters. The van der Waals surface area contributed by atoms with Crippen LogP contribution in [-0.4, -0.2) is 6.71 Å². The Morgan fingerprint density at radius 1 is 0.293 bits per heavy atom. The molecule has 3 heteroatoms. The molecule has 11 aromatic carbocycles. The van der Waals surface area contributed by atoms with Crippen LogP contribution in [0.3, 0.4) is 0 Å². The number of fused-ring (bicyclic) bond motifs is 24. The van der Waals surface area contributed by atoms with Crippen molar-refractivity contribution in [2.24, 2.45) is 0 Å². The number of benzene rings is 11. The van der Waals surface area contributed by atoms with Crippen LogP contribution in [0.15, 0.2) is 243 Å². The fourth-order valence-corrected chi connectivity index (χ4v) is 15.3. The Morgan fingerprint density at radius 3 is 0.907 bits per heavy atom. The first-order chi connectivity index (χ1) is 36.9. The summed E-state index contributed by atoms with van der Waals surface area (Å²) in [4.78, 5) is 5.24. The van der Waals surface area contributed by atoms with E-state index in [9.17, 15) is 0 Å². The second-order valence-corrected chi connectivity index (χ2v) is 22.6. The van der Waals surface area contributed by atoms with Crippen LogP contribution in [0, 0.1) is 0 Å². The molecule has 0 saturated carbocycles. The molecule has 0 N–H and O–H groups in total. The molecule has 75 heavy (non-hydrogen) atoms. The van der Waals surface area contributed by atoms with Crippen molar-refractivity contribution < 1.29 is 0 Å². The van der Waals surface area contributed by atoms with Gasteiger partial charge in [-0.15, -0.1) is 0 Å². The van der Waals surface area contributed by atoms with Gasteiger partial charge in [0.1, 0.15) is 0 Å². The number of rotatable bonds is 2. The van der Waals surface area contributed by atoms with Gasteiger partial charge < -0.3 is 9.80 Å². The summed E-state index contributed by atoms with van der Waals surface area (Å²) in [5, 5.41) is 0. The maximum absolute atomic E-state index is 2.69. The largest absolute Gasteiger partial charge is 0.311 e. The molecule has 2 spiro atoms. The van der Waals surface area contributed by atoms with E-state index in [4.69, 9.17) is 0 Å². The van der Waals surface area contributed by atoms with Crippen LogP contribution in [-0.2, 0) is 16.2 Å². The predicted octanol–water partition coefficient (Wildman–Crippen LogP) is 15.8. The van der Waals surface area contributed by atoms with Gasteiger partial charge in [0.05, 0.1) is 10.8 Å². The van der Waals surface area contributed by atoms with E-state index >= 15 is 0 Å². The van der Waals surface area contributed by atoms with Crippen molar-refractivity contribution in [1.29, 1.82) is 0 Å². The molecule has 0 fully saturated rings. The molecule has 6 aliphatic rings. The molecule has 2 aliphatic heterocycles. The van der Waals surface area contributed by atoms with E-state index in [1.807, 2.05) is 0 Å². The summed E-state index contributed by atoms with van der Waals surface area (Å²) in [7, 11) is 0. The summed E-state index contributed by atoms with van der Waals surface area (Å²) >= 11 is 0. The molecule has 350 valence electrons. The normalized spacial score (nSPS) is 15.3. The van der Waals surface area contributed by atoms with E-state index in [0.29, 0.717) is 0 Å². The molecule has 0 amide bonds. The fraction of sp³-hybridized carbons (Fsp3) is 0.0833. The first-order valence-electron chi connectivity index (χ1n) is 26.7. The molecular formula is C72H49BN2. The average Bonchev–Trinajstić information content (AvgIpc) is 4.36. The van der Waals surface area contributed by atoms with Crippen molar-refractivity contribution in [3.63, 3.8) is 0 Å². The lowest BCUT2D eigenvalue weighted by Crippen LogP contribution is -2.62. The Labute approximate surface area is 438 Å². The molecule has 0 saturated heterocycles. The number of nitrogens with zero attached hydrogens (tertiary/aromatic N) is 2. The quantitative estimate of drug-likeness (QED) is 0.159.